The Labute approximate surface area is 97.0 Å². The van der Waals surface area contributed by atoms with Crippen molar-refractivity contribution in [2.45, 2.75) is 38.1 Å². The number of hydrogen-bond donors (Lipinski definition) is 1. The molecule has 3 aliphatic rings. The van der Waals surface area contributed by atoms with Crippen LogP contribution in [-0.4, -0.2) is 6.04 Å². The zero-order valence-corrected chi connectivity index (χ0v) is 9.65. The van der Waals surface area contributed by atoms with Crippen LogP contribution in [0.25, 0.3) is 0 Å². The molecule has 84 valence electrons. The maximum absolute atomic E-state index is 6.26. The average molecular weight is 213 g/mol. The maximum Gasteiger partial charge on any atom is 0.0108 e. The summed E-state index contributed by atoms with van der Waals surface area (Å²) in [6.45, 7) is 0. The number of nitrogens with two attached hydrogens (primary N) is 1. The van der Waals surface area contributed by atoms with Crippen molar-refractivity contribution in [1.29, 1.82) is 0 Å². The lowest BCUT2D eigenvalue weighted by Gasteiger charge is -2.22. The summed E-state index contributed by atoms with van der Waals surface area (Å²) in [5, 5.41) is 0. The molecule has 3 unspecified atom stereocenters. The zero-order valence-electron chi connectivity index (χ0n) is 9.65. The Balaban J connectivity index is 1.79. The lowest BCUT2D eigenvalue weighted by atomic mass is 9.83. The predicted octanol–water partition coefficient (Wildman–Crippen LogP) is 2.53. The molecule has 0 aromatic heterocycles. The van der Waals surface area contributed by atoms with Crippen molar-refractivity contribution in [2.24, 2.45) is 23.0 Å². The summed E-state index contributed by atoms with van der Waals surface area (Å²) in [4.78, 5) is 0. The molecule has 0 heterocycles. The van der Waals surface area contributed by atoms with Gasteiger partial charge in [0, 0.05) is 6.04 Å². The molecule has 3 aliphatic carbocycles. The molecule has 2 saturated carbocycles. The number of rotatable bonds is 0. The first-order valence-electron chi connectivity index (χ1n) is 6.63. The van der Waals surface area contributed by atoms with Gasteiger partial charge in [0.15, 0.2) is 0 Å². The average Bonchev–Trinajstić information content (AvgIpc) is 2.85. The molecule has 1 heteroatoms. The van der Waals surface area contributed by atoms with E-state index in [9.17, 15) is 0 Å². The second-order valence-corrected chi connectivity index (χ2v) is 6.07. The van der Waals surface area contributed by atoms with E-state index < -0.39 is 0 Å². The van der Waals surface area contributed by atoms with Crippen LogP contribution in [0.1, 0.15) is 30.4 Å². The van der Waals surface area contributed by atoms with Crippen molar-refractivity contribution in [3.63, 3.8) is 0 Å². The Morgan fingerprint density at radius 2 is 1.50 bits per heavy atom. The van der Waals surface area contributed by atoms with Crippen molar-refractivity contribution in [3.8, 4) is 0 Å². The highest BCUT2D eigenvalue weighted by molar-refractivity contribution is 5.34. The van der Waals surface area contributed by atoms with E-state index in [1.165, 1.54) is 32.1 Å². The third-order valence-corrected chi connectivity index (χ3v) is 5.54. The largest absolute Gasteiger partial charge is 0.327 e. The SMILES string of the molecule is NC1CC12C1CCC2Cc2ccccc2C1. The Hall–Kier alpha value is -0.820. The number of fused-ring (bicyclic) bond motifs is 1. The molecule has 3 atom stereocenters. The summed E-state index contributed by atoms with van der Waals surface area (Å²) < 4.78 is 0. The molecule has 2 N–H and O–H groups in total. The Kier molecular flexibility index (Phi) is 1.67. The fourth-order valence-electron chi connectivity index (χ4n) is 4.60. The molecule has 4 rings (SSSR count). The summed E-state index contributed by atoms with van der Waals surface area (Å²) in [6, 6.07) is 9.56. The summed E-state index contributed by atoms with van der Waals surface area (Å²) in [5.74, 6) is 1.77. The van der Waals surface area contributed by atoms with Gasteiger partial charge in [0.2, 0.25) is 0 Å². The Bertz CT molecular complexity index is 404. The van der Waals surface area contributed by atoms with Crippen LogP contribution in [0.5, 0.6) is 0 Å². The third kappa shape index (κ3) is 1.00. The summed E-state index contributed by atoms with van der Waals surface area (Å²) in [6.07, 6.45) is 6.73. The van der Waals surface area contributed by atoms with Gasteiger partial charge in [0.1, 0.15) is 0 Å². The minimum absolute atomic E-state index is 0.513. The van der Waals surface area contributed by atoms with E-state index in [1.54, 1.807) is 11.1 Å². The fourth-order valence-corrected chi connectivity index (χ4v) is 4.60. The monoisotopic (exact) mass is 213 g/mol. The first-order valence-corrected chi connectivity index (χ1v) is 6.63. The van der Waals surface area contributed by atoms with Crippen molar-refractivity contribution in [1.82, 2.24) is 0 Å². The molecule has 0 radical (unpaired) electrons. The lowest BCUT2D eigenvalue weighted by molar-refractivity contribution is 0.280. The third-order valence-electron chi connectivity index (χ3n) is 5.54. The van der Waals surface area contributed by atoms with Crippen LogP contribution in [-0.2, 0) is 12.8 Å². The number of hydrogen-bond acceptors (Lipinski definition) is 1. The molecule has 1 aromatic carbocycles. The molecule has 0 saturated heterocycles. The highest BCUT2D eigenvalue weighted by Gasteiger charge is 2.64. The standard InChI is InChI=1S/C15H19N/c16-14-9-15(14)12-5-6-13(15)8-11-4-2-1-3-10(11)7-12/h1-4,12-14H,5-9,16H2. The molecular weight excluding hydrogens is 194 g/mol. The van der Waals surface area contributed by atoms with Crippen molar-refractivity contribution in [2.75, 3.05) is 0 Å². The quantitative estimate of drug-likeness (QED) is 0.704. The molecule has 0 amide bonds. The smallest absolute Gasteiger partial charge is 0.0108 e. The van der Waals surface area contributed by atoms with Gasteiger partial charge < -0.3 is 5.73 Å². The summed E-state index contributed by atoms with van der Waals surface area (Å²) >= 11 is 0. The summed E-state index contributed by atoms with van der Waals surface area (Å²) in [7, 11) is 0. The fraction of sp³-hybridized carbons (Fsp3) is 0.600. The van der Waals surface area contributed by atoms with Crippen molar-refractivity contribution in [3.05, 3.63) is 35.4 Å². The molecule has 1 nitrogen and oxygen atoms in total. The molecule has 1 spiro atoms. The minimum atomic E-state index is 0.513. The van der Waals surface area contributed by atoms with E-state index in [0.29, 0.717) is 11.5 Å². The van der Waals surface area contributed by atoms with Crippen LogP contribution in [0, 0.1) is 17.3 Å². The Morgan fingerprint density at radius 3 is 1.94 bits per heavy atom. The van der Waals surface area contributed by atoms with Crippen LogP contribution < -0.4 is 5.73 Å². The van der Waals surface area contributed by atoms with Gasteiger partial charge in [-0.05, 0) is 60.5 Å². The van der Waals surface area contributed by atoms with E-state index in [0.717, 1.165) is 11.8 Å². The highest BCUT2D eigenvalue weighted by atomic mass is 14.9. The first-order chi connectivity index (χ1) is 7.80. The first kappa shape index (κ1) is 9.23. The lowest BCUT2D eigenvalue weighted by Crippen LogP contribution is -2.25. The Morgan fingerprint density at radius 1 is 1.00 bits per heavy atom. The van der Waals surface area contributed by atoms with E-state index >= 15 is 0 Å². The van der Waals surface area contributed by atoms with Crippen molar-refractivity contribution >= 4 is 0 Å². The van der Waals surface area contributed by atoms with Gasteiger partial charge in [-0.3, -0.25) is 0 Å². The second kappa shape index (κ2) is 2.89. The minimum Gasteiger partial charge on any atom is -0.327 e. The highest BCUT2D eigenvalue weighted by Crippen LogP contribution is 2.66. The van der Waals surface area contributed by atoms with Gasteiger partial charge in [0.05, 0.1) is 0 Å². The normalized spacial score (nSPS) is 44.2. The topological polar surface area (TPSA) is 26.0 Å². The summed E-state index contributed by atoms with van der Waals surface area (Å²) in [5.41, 5.74) is 10.0. The van der Waals surface area contributed by atoms with Crippen LogP contribution in [0.3, 0.4) is 0 Å². The van der Waals surface area contributed by atoms with E-state index in [2.05, 4.69) is 24.3 Å². The predicted molar refractivity (Wildman–Crippen MR) is 65.1 cm³/mol. The van der Waals surface area contributed by atoms with Crippen LogP contribution in [0.2, 0.25) is 0 Å². The molecule has 16 heavy (non-hydrogen) atoms. The van der Waals surface area contributed by atoms with Gasteiger partial charge in [-0.25, -0.2) is 0 Å². The van der Waals surface area contributed by atoms with Gasteiger partial charge in [0.25, 0.3) is 0 Å². The molecular formula is C15H19N. The van der Waals surface area contributed by atoms with Gasteiger partial charge in [-0.15, -0.1) is 0 Å². The molecule has 2 fully saturated rings. The van der Waals surface area contributed by atoms with Crippen LogP contribution >= 0.6 is 0 Å². The second-order valence-electron chi connectivity index (χ2n) is 6.07. The van der Waals surface area contributed by atoms with Gasteiger partial charge in [-0.1, -0.05) is 24.3 Å². The van der Waals surface area contributed by atoms with Crippen LogP contribution in [0.15, 0.2) is 24.3 Å². The van der Waals surface area contributed by atoms with E-state index in [-0.39, 0.29) is 0 Å². The molecule has 0 aliphatic heterocycles. The zero-order chi connectivity index (χ0) is 10.8. The van der Waals surface area contributed by atoms with Gasteiger partial charge >= 0.3 is 0 Å². The maximum atomic E-state index is 6.26. The van der Waals surface area contributed by atoms with E-state index in [4.69, 9.17) is 5.73 Å². The van der Waals surface area contributed by atoms with Gasteiger partial charge in [-0.2, -0.15) is 0 Å². The molecule has 2 bridgehead atoms. The number of benzene rings is 1. The van der Waals surface area contributed by atoms with Crippen LogP contribution in [0.4, 0.5) is 0 Å². The van der Waals surface area contributed by atoms with E-state index in [1.807, 2.05) is 0 Å². The van der Waals surface area contributed by atoms with Crippen molar-refractivity contribution < 1.29 is 0 Å². The molecule has 1 aromatic rings.